The van der Waals surface area contributed by atoms with Crippen molar-refractivity contribution in [1.82, 2.24) is 15.2 Å². The number of hydrogen-bond acceptors (Lipinski definition) is 5. The van der Waals surface area contributed by atoms with E-state index in [-0.39, 0.29) is 30.1 Å². The van der Waals surface area contributed by atoms with E-state index in [4.69, 9.17) is 16.3 Å². The van der Waals surface area contributed by atoms with Crippen LogP contribution in [0.3, 0.4) is 0 Å². The molecular weight excluding hydrogens is 528 g/mol. The van der Waals surface area contributed by atoms with E-state index in [1.54, 1.807) is 7.11 Å². The van der Waals surface area contributed by atoms with Crippen LogP contribution in [0.4, 0.5) is 0 Å². The van der Waals surface area contributed by atoms with Gasteiger partial charge in [0.2, 0.25) is 0 Å². The van der Waals surface area contributed by atoms with Crippen LogP contribution in [-0.4, -0.2) is 66.0 Å². The number of rotatable bonds is 12. The first-order valence-electron chi connectivity index (χ1n) is 14.1. The van der Waals surface area contributed by atoms with Crippen molar-refractivity contribution in [1.29, 1.82) is 0 Å². The van der Waals surface area contributed by atoms with Gasteiger partial charge < -0.3 is 24.7 Å². The number of H-pyrrole nitrogens is 1. The second-order valence-corrected chi connectivity index (χ2v) is 10.3. The maximum atomic E-state index is 12.8. The zero-order chi connectivity index (χ0) is 31.6. The minimum atomic E-state index is -0.213. The summed E-state index contributed by atoms with van der Waals surface area (Å²) in [5.41, 5.74) is 4.33. The Morgan fingerprint density at radius 3 is 1.95 bits per heavy atom. The second-order valence-electron chi connectivity index (χ2n) is 9.94. The Bertz CT molecular complexity index is 969. The predicted molar refractivity (Wildman–Crippen MR) is 169 cm³/mol. The number of amidine groups is 1. The SMILES string of the molecule is C=C(C)CC.C=C(C)N=C(C)N(CC)CC(OC)C(CC)NC(=O)c1[nH]c(C)c(CC)c1Cl.CC(=O)OC(C)C. The third-order valence-electron chi connectivity index (χ3n) is 5.94. The molecule has 1 heterocycles. The zero-order valence-electron chi connectivity index (χ0n) is 27.1. The van der Waals surface area contributed by atoms with Gasteiger partial charge in [-0.15, -0.1) is 6.58 Å². The fourth-order valence-corrected chi connectivity index (χ4v) is 4.07. The van der Waals surface area contributed by atoms with Gasteiger partial charge in [-0.1, -0.05) is 44.5 Å². The van der Waals surface area contributed by atoms with Crippen LogP contribution in [0, 0.1) is 6.92 Å². The van der Waals surface area contributed by atoms with Crippen molar-refractivity contribution in [3.05, 3.63) is 46.4 Å². The van der Waals surface area contributed by atoms with E-state index in [9.17, 15) is 9.59 Å². The number of aliphatic imine (C=N–C) groups is 1. The molecule has 0 aromatic carbocycles. The Labute approximate surface area is 248 Å². The summed E-state index contributed by atoms with van der Waals surface area (Å²) in [7, 11) is 1.67. The molecule has 40 heavy (non-hydrogen) atoms. The highest BCUT2D eigenvalue weighted by Gasteiger charge is 2.27. The lowest BCUT2D eigenvalue weighted by atomic mass is 10.1. The fourth-order valence-electron chi connectivity index (χ4n) is 3.66. The lowest BCUT2D eigenvalue weighted by molar-refractivity contribution is -0.144. The van der Waals surface area contributed by atoms with Crippen molar-refractivity contribution >= 4 is 29.3 Å². The Hall–Kier alpha value is -2.58. The number of aromatic nitrogens is 1. The third-order valence-corrected chi connectivity index (χ3v) is 6.35. The normalized spacial score (nSPS) is 12.3. The first-order chi connectivity index (χ1) is 18.6. The molecule has 1 aromatic rings. The summed E-state index contributed by atoms with van der Waals surface area (Å²) in [6, 6.07) is -0.158. The molecule has 0 aliphatic rings. The first kappa shape index (κ1) is 39.6. The predicted octanol–water partition coefficient (Wildman–Crippen LogP) is 7.27. The lowest BCUT2D eigenvalue weighted by Crippen LogP contribution is -2.50. The first-order valence-corrected chi connectivity index (χ1v) is 14.4. The number of halogens is 1. The van der Waals surface area contributed by atoms with E-state index in [1.807, 2.05) is 55.4 Å². The van der Waals surface area contributed by atoms with Gasteiger partial charge in [-0.2, -0.15) is 0 Å². The number of aryl methyl sites for hydroxylation is 1. The highest BCUT2D eigenvalue weighted by Crippen LogP contribution is 2.25. The number of nitrogens with one attached hydrogen (secondary N) is 2. The fraction of sp³-hybridized carbons (Fsp3) is 0.645. The highest BCUT2D eigenvalue weighted by atomic mass is 35.5. The molecule has 9 heteroatoms. The van der Waals surface area contributed by atoms with Gasteiger partial charge in [-0.05, 0) is 73.3 Å². The van der Waals surface area contributed by atoms with E-state index in [1.165, 1.54) is 12.5 Å². The van der Waals surface area contributed by atoms with Crippen molar-refractivity contribution < 1.29 is 19.1 Å². The molecule has 0 saturated carbocycles. The van der Waals surface area contributed by atoms with E-state index in [0.717, 1.165) is 48.6 Å². The number of amides is 1. The summed E-state index contributed by atoms with van der Waals surface area (Å²) in [5.74, 6) is 0.459. The van der Waals surface area contributed by atoms with Crippen LogP contribution in [0.15, 0.2) is 29.4 Å². The largest absolute Gasteiger partial charge is 0.463 e. The van der Waals surface area contributed by atoms with Crippen molar-refractivity contribution in [2.75, 3.05) is 20.2 Å². The number of likely N-dealkylation sites (N-methyl/N-ethyl adjacent to an activating group) is 1. The molecule has 8 nitrogen and oxygen atoms in total. The number of methoxy groups -OCH3 is 1. The van der Waals surface area contributed by atoms with Gasteiger partial charge in [0, 0.05) is 38.5 Å². The molecule has 0 saturated heterocycles. The van der Waals surface area contributed by atoms with E-state index in [2.05, 4.69) is 51.9 Å². The van der Waals surface area contributed by atoms with E-state index >= 15 is 0 Å². The van der Waals surface area contributed by atoms with Gasteiger partial charge in [0.05, 0.1) is 23.3 Å². The van der Waals surface area contributed by atoms with Crippen molar-refractivity contribution in [3.8, 4) is 0 Å². The Morgan fingerprint density at radius 1 is 1.10 bits per heavy atom. The minimum absolute atomic E-state index is 0.0255. The molecular formula is C31H55ClN4O4. The van der Waals surface area contributed by atoms with Gasteiger partial charge in [-0.3, -0.25) is 9.59 Å². The Kier molecular flexibility index (Phi) is 21.0. The quantitative estimate of drug-likeness (QED) is 0.117. The summed E-state index contributed by atoms with van der Waals surface area (Å²) in [6.07, 6.45) is 2.46. The number of aromatic amines is 1. The molecule has 1 amide bonds. The number of carbonyl (C=O) groups is 2. The number of ether oxygens (including phenoxy) is 2. The molecule has 2 N–H and O–H groups in total. The minimum Gasteiger partial charge on any atom is -0.463 e. The summed E-state index contributed by atoms with van der Waals surface area (Å²) in [5, 5.41) is 3.59. The maximum Gasteiger partial charge on any atom is 0.302 e. The summed E-state index contributed by atoms with van der Waals surface area (Å²) in [6.45, 7) is 30.0. The number of hydrogen-bond donors (Lipinski definition) is 2. The number of esters is 1. The highest BCUT2D eigenvalue weighted by molar-refractivity contribution is 6.34. The average molecular weight is 583 g/mol. The van der Waals surface area contributed by atoms with Crippen LogP contribution in [0.1, 0.15) is 104 Å². The van der Waals surface area contributed by atoms with Crippen LogP contribution in [0.2, 0.25) is 5.02 Å². The number of carbonyl (C=O) groups excluding carboxylic acids is 2. The maximum absolute atomic E-state index is 12.8. The smallest absolute Gasteiger partial charge is 0.302 e. The van der Waals surface area contributed by atoms with Crippen LogP contribution < -0.4 is 5.32 Å². The topological polar surface area (TPSA) is 96.0 Å². The average Bonchev–Trinajstić information content (AvgIpc) is 3.15. The van der Waals surface area contributed by atoms with Crippen molar-refractivity contribution in [2.24, 2.45) is 4.99 Å². The van der Waals surface area contributed by atoms with Crippen LogP contribution >= 0.6 is 11.6 Å². The molecule has 0 bridgehead atoms. The standard InChI is InChI=1S/C21H35ClN4O2.C5H10O2.C5H10/c1-9-16-14(6)24-20(19(16)22)21(27)25-17(10-2)18(28-8)12-26(11-3)15(7)23-13(4)5;1-4(2)7-5(3)6;1-4-5(2)3/h17-18,24H,4,9-12H2,1-3,5-8H3,(H,25,27);4H,1-3H3;2,4H2,1,3H3. The van der Waals surface area contributed by atoms with Gasteiger partial charge in [-0.25, -0.2) is 4.99 Å². The van der Waals surface area contributed by atoms with E-state index < -0.39 is 0 Å². The molecule has 1 aromatic heterocycles. The van der Waals surface area contributed by atoms with Gasteiger partial charge in [0.15, 0.2) is 0 Å². The molecule has 0 aliphatic heterocycles. The van der Waals surface area contributed by atoms with Crippen molar-refractivity contribution in [2.45, 2.75) is 114 Å². The Balaban J connectivity index is 0. The van der Waals surface area contributed by atoms with Crippen LogP contribution in [-0.2, 0) is 20.7 Å². The number of nitrogens with zero attached hydrogens (tertiary/aromatic N) is 2. The van der Waals surface area contributed by atoms with Gasteiger partial charge >= 0.3 is 5.97 Å². The molecule has 2 unspecified atom stereocenters. The molecule has 230 valence electrons. The summed E-state index contributed by atoms with van der Waals surface area (Å²) in [4.78, 5) is 32.6. The summed E-state index contributed by atoms with van der Waals surface area (Å²) < 4.78 is 10.3. The monoisotopic (exact) mass is 582 g/mol. The third kappa shape index (κ3) is 15.9. The summed E-state index contributed by atoms with van der Waals surface area (Å²) >= 11 is 6.41. The second kappa shape index (κ2) is 21.2. The zero-order valence-corrected chi connectivity index (χ0v) is 27.8. The molecule has 0 spiro atoms. The van der Waals surface area contributed by atoms with Crippen molar-refractivity contribution in [3.63, 3.8) is 0 Å². The number of allylic oxidation sites excluding steroid dienone is 2. The van der Waals surface area contributed by atoms with Gasteiger partial charge in [0.1, 0.15) is 11.5 Å². The van der Waals surface area contributed by atoms with Crippen LogP contribution in [0.25, 0.3) is 0 Å². The Morgan fingerprint density at radius 2 is 1.65 bits per heavy atom. The molecule has 2 atom stereocenters. The van der Waals surface area contributed by atoms with Crippen LogP contribution in [0.5, 0.6) is 0 Å². The molecule has 0 fully saturated rings. The molecule has 0 aliphatic carbocycles. The van der Waals surface area contributed by atoms with E-state index in [0.29, 0.717) is 17.3 Å². The molecule has 1 rings (SSSR count). The molecule has 0 radical (unpaired) electrons. The van der Waals surface area contributed by atoms with Gasteiger partial charge in [0.25, 0.3) is 5.91 Å². The lowest BCUT2D eigenvalue weighted by Gasteiger charge is -2.32.